The molecule has 0 spiro atoms. The molecule has 6 nitrogen and oxygen atoms in total. The number of anilines is 1. The summed E-state index contributed by atoms with van der Waals surface area (Å²) in [7, 11) is 0. The molecule has 0 saturated carbocycles. The number of hydrogen-bond donors (Lipinski definition) is 2. The number of carboxylic acid groups (broad SMARTS) is 1. The Kier molecular flexibility index (Phi) is 3.35. The number of hydrogen-bond acceptors (Lipinski definition) is 4. The second-order valence-electron chi connectivity index (χ2n) is 4.87. The highest BCUT2D eigenvalue weighted by molar-refractivity contribution is 5.93. The average Bonchev–Trinajstić information content (AvgIpc) is 3.04. The summed E-state index contributed by atoms with van der Waals surface area (Å²) < 4.78 is 6.86. The second kappa shape index (κ2) is 5.32. The van der Waals surface area contributed by atoms with Crippen molar-refractivity contribution in [3.8, 4) is 0 Å². The third kappa shape index (κ3) is 2.60. The number of rotatable bonds is 5. The van der Waals surface area contributed by atoms with Gasteiger partial charge in [0.15, 0.2) is 11.5 Å². The molecule has 1 unspecified atom stereocenters. The lowest BCUT2D eigenvalue weighted by molar-refractivity contribution is 0.0690. The Labute approximate surface area is 121 Å². The van der Waals surface area contributed by atoms with E-state index >= 15 is 0 Å². The predicted octanol–water partition coefficient (Wildman–Crippen LogP) is 2.67. The molecule has 0 radical (unpaired) electrons. The number of furan rings is 1. The van der Waals surface area contributed by atoms with E-state index in [2.05, 4.69) is 10.3 Å². The summed E-state index contributed by atoms with van der Waals surface area (Å²) in [6, 6.07) is 9.09. The Hall–Kier alpha value is -2.76. The Morgan fingerprint density at radius 2 is 2.29 bits per heavy atom. The third-order valence-electron chi connectivity index (χ3n) is 3.20. The van der Waals surface area contributed by atoms with Crippen molar-refractivity contribution in [2.45, 2.75) is 19.4 Å². The smallest absolute Gasteiger partial charge is 0.356 e. The molecule has 3 heterocycles. The van der Waals surface area contributed by atoms with Crippen molar-refractivity contribution in [2.24, 2.45) is 0 Å². The number of carbonyl (C=O) groups is 1. The number of carboxylic acids is 1. The summed E-state index contributed by atoms with van der Waals surface area (Å²) in [5.74, 6) is 0.199. The van der Waals surface area contributed by atoms with E-state index in [1.807, 2.05) is 25.1 Å². The number of aromatic carboxylic acids is 1. The lowest BCUT2D eigenvalue weighted by Gasteiger charge is -2.12. The fraction of sp³-hybridized carbons (Fsp3) is 0.200. The molecule has 6 heteroatoms. The fourth-order valence-corrected chi connectivity index (χ4v) is 2.32. The van der Waals surface area contributed by atoms with E-state index in [1.54, 1.807) is 29.0 Å². The van der Waals surface area contributed by atoms with Crippen molar-refractivity contribution in [3.05, 3.63) is 54.2 Å². The van der Waals surface area contributed by atoms with Gasteiger partial charge in [-0.1, -0.05) is 6.07 Å². The van der Waals surface area contributed by atoms with Crippen molar-refractivity contribution in [2.75, 3.05) is 5.32 Å². The van der Waals surface area contributed by atoms with Crippen LogP contribution in [-0.2, 0) is 6.42 Å². The number of aromatic nitrogens is 2. The quantitative estimate of drug-likeness (QED) is 0.753. The van der Waals surface area contributed by atoms with Crippen LogP contribution in [0.1, 0.15) is 23.2 Å². The van der Waals surface area contributed by atoms with E-state index in [0.717, 1.165) is 5.76 Å². The molecule has 0 aliphatic carbocycles. The van der Waals surface area contributed by atoms with Gasteiger partial charge in [-0.25, -0.2) is 9.78 Å². The summed E-state index contributed by atoms with van der Waals surface area (Å²) in [5.41, 5.74) is 0.736. The zero-order valence-electron chi connectivity index (χ0n) is 11.5. The zero-order valence-corrected chi connectivity index (χ0v) is 11.5. The first-order valence-corrected chi connectivity index (χ1v) is 6.64. The summed E-state index contributed by atoms with van der Waals surface area (Å²) in [4.78, 5) is 15.8. The van der Waals surface area contributed by atoms with Gasteiger partial charge >= 0.3 is 5.97 Å². The van der Waals surface area contributed by atoms with Gasteiger partial charge in [-0.15, -0.1) is 0 Å². The highest BCUT2D eigenvalue weighted by Crippen LogP contribution is 2.19. The molecule has 108 valence electrons. The van der Waals surface area contributed by atoms with Crippen LogP contribution in [0.2, 0.25) is 0 Å². The van der Waals surface area contributed by atoms with Crippen LogP contribution in [0, 0.1) is 0 Å². The Balaban J connectivity index is 1.89. The molecule has 2 N–H and O–H groups in total. The fourth-order valence-electron chi connectivity index (χ4n) is 2.32. The third-order valence-corrected chi connectivity index (χ3v) is 3.20. The lowest BCUT2D eigenvalue weighted by Crippen LogP contribution is -2.20. The number of nitrogens with zero attached hydrogens (tertiary/aromatic N) is 2. The van der Waals surface area contributed by atoms with Gasteiger partial charge in [0.2, 0.25) is 0 Å². The van der Waals surface area contributed by atoms with Crippen molar-refractivity contribution in [1.82, 2.24) is 9.38 Å². The minimum Gasteiger partial charge on any atom is -0.476 e. The molecule has 3 rings (SSSR count). The topological polar surface area (TPSA) is 79.8 Å². The summed E-state index contributed by atoms with van der Waals surface area (Å²) in [6.45, 7) is 1.96. The molecule has 21 heavy (non-hydrogen) atoms. The van der Waals surface area contributed by atoms with Crippen LogP contribution in [0.3, 0.4) is 0 Å². The monoisotopic (exact) mass is 285 g/mol. The number of nitrogens with one attached hydrogen (secondary N) is 1. The normalized spacial score (nSPS) is 12.4. The van der Waals surface area contributed by atoms with Crippen molar-refractivity contribution < 1.29 is 14.3 Å². The zero-order chi connectivity index (χ0) is 14.8. The first-order chi connectivity index (χ1) is 10.1. The van der Waals surface area contributed by atoms with E-state index < -0.39 is 5.97 Å². The summed E-state index contributed by atoms with van der Waals surface area (Å²) in [5, 5.41) is 12.5. The molecule has 3 aromatic heterocycles. The van der Waals surface area contributed by atoms with Crippen LogP contribution in [0.15, 0.2) is 47.2 Å². The summed E-state index contributed by atoms with van der Waals surface area (Å²) >= 11 is 0. The first kappa shape index (κ1) is 13.2. The SMILES string of the molecule is CC(Cc1ccco1)Nc1nc2ccccn2c1C(=O)O. The van der Waals surface area contributed by atoms with Gasteiger partial charge < -0.3 is 14.8 Å². The molecule has 0 amide bonds. The van der Waals surface area contributed by atoms with Crippen LogP contribution >= 0.6 is 0 Å². The largest absolute Gasteiger partial charge is 0.476 e. The van der Waals surface area contributed by atoms with Crippen LogP contribution in [-0.4, -0.2) is 26.5 Å². The maximum atomic E-state index is 11.5. The second-order valence-corrected chi connectivity index (χ2v) is 4.87. The van der Waals surface area contributed by atoms with Gasteiger partial charge in [-0.05, 0) is 31.2 Å². The Morgan fingerprint density at radius 1 is 1.43 bits per heavy atom. The standard InChI is InChI=1S/C15H15N3O3/c1-10(9-11-5-4-8-21-11)16-14-13(15(19)20)18-7-3-2-6-12(18)17-14/h2-8,10,16H,9H2,1H3,(H,19,20). The molecule has 0 aliphatic heterocycles. The Bertz CT molecular complexity index is 762. The summed E-state index contributed by atoms with van der Waals surface area (Å²) in [6.07, 6.45) is 3.96. The molecule has 0 aromatic carbocycles. The van der Waals surface area contributed by atoms with Gasteiger partial charge in [-0.3, -0.25) is 4.40 Å². The van der Waals surface area contributed by atoms with Crippen molar-refractivity contribution in [3.63, 3.8) is 0 Å². The lowest BCUT2D eigenvalue weighted by atomic mass is 10.2. The molecule has 0 saturated heterocycles. The van der Waals surface area contributed by atoms with Crippen LogP contribution in [0.25, 0.3) is 5.65 Å². The van der Waals surface area contributed by atoms with Crippen molar-refractivity contribution >= 4 is 17.4 Å². The minimum atomic E-state index is -1.01. The van der Waals surface area contributed by atoms with E-state index in [1.165, 1.54) is 0 Å². The number of fused-ring (bicyclic) bond motifs is 1. The molecule has 3 aromatic rings. The highest BCUT2D eigenvalue weighted by Gasteiger charge is 2.19. The molecule has 1 atom stereocenters. The average molecular weight is 285 g/mol. The van der Waals surface area contributed by atoms with Gasteiger partial charge in [0, 0.05) is 18.7 Å². The number of imidazole rings is 1. The van der Waals surface area contributed by atoms with Crippen LogP contribution in [0.5, 0.6) is 0 Å². The molecule has 0 aliphatic rings. The van der Waals surface area contributed by atoms with Crippen LogP contribution < -0.4 is 5.32 Å². The predicted molar refractivity (Wildman–Crippen MR) is 77.6 cm³/mol. The molecule has 0 fully saturated rings. The van der Waals surface area contributed by atoms with Crippen molar-refractivity contribution in [1.29, 1.82) is 0 Å². The highest BCUT2D eigenvalue weighted by atomic mass is 16.4. The van der Waals surface area contributed by atoms with Crippen LogP contribution in [0.4, 0.5) is 5.82 Å². The molecule has 0 bridgehead atoms. The van der Waals surface area contributed by atoms with Gasteiger partial charge in [0.05, 0.1) is 6.26 Å². The Morgan fingerprint density at radius 3 is 3.00 bits per heavy atom. The van der Waals surface area contributed by atoms with E-state index in [0.29, 0.717) is 17.9 Å². The van der Waals surface area contributed by atoms with Gasteiger partial charge in [0.25, 0.3) is 0 Å². The van der Waals surface area contributed by atoms with E-state index in [4.69, 9.17) is 4.42 Å². The minimum absolute atomic E-state index is 0.000776. The maximum absolute atomic E-state index is 11.5. The van der Waals surface area contributed by atoms with Gasteiger partial charge in [0.1, 0.15) is 11.4 Å². The van der Waals surface area contributed by atoms with Gasteiger partial charge in [-0.2, -0.15) is 0 Å². The molecular formula is C15H15N3O3. The van der Waals surface area contributed by atoms with E-state index in [9.17, 15) is 9.90 Å². The maximum Gasteiger partial charge on any atom is 0.356 e. The molecular weight excluding hydrogens is 270 g/mol. The first-order valence-electron chi connectivity index (χ1n) is 6.64. The number of pyridine rings is 1. The van der Waals surface area contributed by atoms with E-state index in [-0.39, 0.29) is 11.7 Å².